The zero-order chi connectivity index (χ0) is 12.4. The largest absolute Gasteiger partial charge is 0.393 e. The molecule has 2 unspecified atom stereocenters. The number of aliphatic hydroxyl groups excluding tert-OH is 2. The maximum absolute atomic E-state index is 9.74. The average molecular weight is 235 g/mol. The molecule has 1 fully saturated rings. The molecule has 2 N–H and O–H groups in total. The standard InChI is InChI=1S/C14H21NO2/c1-10-3-4-13(12(7-10)9-16)15-6-5-14(17)11(2)8-15/h3-4,7,11,14,16-17H,5-6,8-9H2,1-2H3. The van der Waals surface area contributed by atoms with Crippen LogP contribution in [0.4, 0.5) is 5.69 Å². The average Bonchev–Trinajstić information content (AvgIpc) is 2.32. The van der Waals surface area contributed by atoms with Crippen molar-refractivity contribution in [3.8, 4) is 0 Å². The van der Waals surface area contributed by atoms with E-state index >= 15 is 0 Å². The number of nitrogens with zero attached hydrogens (tertiary/aromatic N) is 1. The van der Waals surface area contributed by atoms with Gasteiger partial charge in [0.15, 0.2) is 0 Å². The third kappa shape index (κ3) is 2.61. The Morgan fingerprint density at radius 1 is 1.41 bits per heavy atom. The molecule has 1 aromatic carbocycles. The number of hydrogen-bond donors (Lipinski definition) is 2. The zero-order valence-corrected chi connectivity index (χ0v) is 10.6. The molecule has 0 aromatic heterocycles. The fourth-order valence-electron chi connectivity index (χ4n) is 2.50. The highest BCUT2D eigenvalue weighted by molar-refractivity contribution is 5.55. The van der Waals surface area contributed by atoms with Crippen LogP contribution in [0, 0.1) is 12.8 Å². The van der Waals surface area contributed by atoms with Crippen LogP contribution in [-0.4, -0.2) is 29.4 Å². The van der Waals surface area contributed by atoms with Gasteiger partial charge in [0.25, 0.3) is 0 Å². The summed E-state index contributed by atoms with van der Waals surface area (Å²) in [5.74, 6) is 0.289. The lowest BCUT2D eigenvalue weighted by atomic mass is 9.95. The molecule has 0 spiro atoms. The van der Waals surface area contributed by atoms with Crippen molar-refractivity contribution < 1.29 is 10.2 Å². The van der Waals surface area contributed by atoms with Crippen molar-refractivity contribution in [1.82, 2.24) is 0 Å². The third-order valence-corrected chi connectivity index (χ3v) is 3.61. The van der Waals surface area contributed by atoms with Crippen molar-refractivity contribution in [3.63, 3.8) is 0 Å². The first-order chi connectivity index (χ1) is 8.11. The van der Waals surface area contributed by atoms with Crippen molar-refractivity contribution in [2.24, 2.45) is 5.92 Å². The summed E-state index contributed by atoms with van der Waals surface area (Å²) < 4.78 is 0. The molecular weight excluding hydrogens is 214 g/mol. The molecule has 1 heterocycles. The summed E-state index contributed by atoms with van der Waals surface area (Å²) in [6, 6.07) is 6.18. The SMILES string of the molecule is Cc1ccc(N2CCC(O)C(C)C2)c(CO)c1. The molecular formula is C14H21NO2. The maximum Gasteiger partial charge on any atom is 0.0702 e. The number of aryl methyl sites for hydroxylation is 1. The lowest BCUT2D eigenvalue weighted by Crippen LogP contribution is -2.42. The van der Waals surface area contributed by atoms with Crippen molar-refractivity contribution in [1.29, 1.82) is 0 Å². The molecule has 0 bridgehead atoms. The van der Waals surface area contributed by atoms with E-state index in [9.17, 15) is 10.2 Å². The minimum absolute atomic E-state index is 0.0739. The van der Waals surface area contributed by atoms with Gasteiger partial charge >= 0.3 is 0 Å². The number of hydrogen-bond acceptors (Lipinski definition) is 3. The normalized spacial score (nSPS) is 25.1. The summed E-state index contributed by atoms with van der Waals surface area (Å²) in [4.78, 5) is 2.27. The van der Waals surface area contributed by atoms with E-state index in [1.165, 1.54) is 5.56 Å². The van der Waals surface area contributed by atoms with Gasteiger partial charge in [-0.3, -0.25) is 0 Å². The molecule has 1 aliphatic rings. The van der Waals surface area contributed by atoms with Gasteiger partial charge in [0, 0.05) is 24.3 Å². The fourth-order valence-corrected chi connectivity index (χ4v) is 2.50. The van der Waals surface area contributed by atoms with Crippen LogP contribution in [-0.2, 0) is 6.61 Å². The van der Waals surface area contributed by atoms with Gasteiger partial charge in [0.2, 0.25) is 0 Å². The lowest BCUT2D eigenvalue weighted by Gasteiger charge is -2.37. The second-order valence-corrected chi connectivity index (χ2v) is 5.07. The van der Waals surface area contributed by atoms with Crippen LogP contribution in [0.3, 0.4) is 0 Å². The van der Waals surface area contributed by atoms with Crippen LogP contribution in [0.2, 0.25) is 0 Å². The van der Waals surface area contributed by atoms with E-state index in [4.69, 9.17) is 0 Å². The molecule has 17 heavy (non-hydrogen) atoms. The summed E-state index contributed by atoms with van der Waals surface area (Å²) in [5.41, 5.74) is 3.26. The van der Waals surface area contributed by atoms with Gasteiger partial charge in [-0.15, -0.1) is 0 Å². The molecule has 0 amide bonds. The van der Waals surface area contributed by atoms with E-state index in [0.29, 0.717) is 0 Å². The minimum Gasteiger partial charge on any atom is -0.393 e. The van der Waals surface area contributed by atoms with E-state index in [1.54, 1.807) is 0 Å². The molecule has 1 aromatic rings. The molecule has 3 heteroatoms. The third-order valence-electron chi connectivity index (χ3n) is 3.61. The second kappa shape index (κ2) is 5.07. The quantitative estimate of drug-likeness (QED) is 0.820. The summed E-state index contributed by atoms with van der Waals surface area (Å²) in [7, 11) is 0. The number of benzene rings is 1. The van der Waals surface area contributed by atoms with Crippen molar-refractivity contribution >= 4 is 5.69 Å². The number of rotatable bonds is 2. The van der Waals surface area contributed by atoms with Crippen molar-refractivity contribution in [3.05, 3.63) is 29.3 Å². The van der Waals surface area contributed by atoms with Crippen molar-refractivity contribution in [2.45, 2.75) is 33.0 Å². The Labute approximate surface area is 103 Å². The van der Waals surface area contributed by atoms with E-state index in [2.05, 4.69) is 24.0 Å². The highest BCUT2D eigenvalue weighted by Crippen LogP contribution is 2.27. The number of piperidine rings is 1. The van der Waals surface area contributed by atoms with Crippen LogP contribution in [0.15, 0.2) is 18.2 Å². The summed E-state index contributed by atoms with van der Waals surface area (Å²) >= 11 is 0. The monoisotopic (exact) mass is 235 g/mol. The summed E-state index contributed by atoms with van der Waals surface area (Å²) in [5, 5.41) is 19.2. The van der Waals surface area contributed by atoms with Gasteiger partial charge in [-0.05, 0) is 25.3 Å². The smallest absolute Gasteiger partial charge is 0.0702 e. The van der Waals surface area contributed by atoms with Gasteiger partial charge in [-0.2, -0.15) is 0 Å². The van der Waals surface area contributed by atoms with E-state index in [1.807, 2.05) is 13.0 Å². The number of aliphatic hydroxyl groups is 2. The first-order valence-electron chi connectivity index (χ1n) is 6.25. The van der Waals surface area contributed by atoms with Crippen LogP contribution < -0.4 is 4.90 Å². The predicted molar refractivity (Wildman–Crippen MR) is 69.1 cm³/mol. The van der Waals surface area contributed by atoms with Crippen LogP contribution >= 0.6 is 0 Å². The van der Waals surface area contributed by atoms with Crippen LogP contribution in [0.5, 0.6) is 0 Å². The molecule has 0 saturated carbocycles. The summed E-state index contributed by atoms with van der Waals surface area (Å²) in [6.07, 6.45) is 0.620. The predicted octanol–water partition coefficient (Wildman–Crippen LogP) is 1.69. The Hall–Kier alpha value is -1.06. The van der Waals surface area contributed by atoms with E-state index in [0.717, 1.165) is 30.8 Å². The Morgan fingerprint density at radius 2 is 2.18 bits per heavy atom. The first kappa shape index (κ1) is 12.4. The van der Waals surface area contributed by atoms with Gasteiger partial charge in [0.05, 0.1) is 12.7 Å². The van der Waals surface area contributed by atoms with Crippen LogP contribution in [0.25, 0.3) is 0 Å². The Bertz CT molecular complexity index is 392. The lowest BCUT2D eigenvalue weighted by molar-refractivity contribution is 0.0970. The highest BCUT2D eigenvalue weighted by atomic mass is 16.3. The zero-order valence-electron chi connectivity index (χ0n) is 10.6. The topological polar surface area (TPSA) is 43.7 Å². The highest BCUT2D eigenvalue weighted by Gasteiger charge is 2.25. The molecule has 1 aliphatic heterocycles. The maximum atomic E-state index is 9.74. The molecule has 2 rings (SSSR count). The fraction of sp³-hybridized carbons (Fsp3) is 0.571. The Kier molecular flexibility index (Phi) is 3.69. The molecule has 0 radical (unpaired) electrons. The molecule has 0 aliphatic carbocycles. The van der Waals surface area contributed by atoms with Crippen molar-refractivity contribution in [2.75, 3.05) is 18.0 Å². The van der Waals surface area contributed by atoms with Gasteiger partial charge in [-0.25, -0.2) is 0 Å². The van der Waals surface area contributed by atoms with Gasteiger partial charge in [-0.1, -0.05) is 24.6 Å². The first-order valence-corrected chi connectivity index (χ1v) is 6.25. The molecule has 1 saturated heterocycles. The summed E-state index contributed by atoms with van der Waals surface area (Å²) in [6.45, 7) is 5.90. The molecule has 2 atom stereocenters. The second-order valence-electron chi connectivity index (χ2n) is 5.07. The van der Waals surface area contributed by atoms with Crippen LogP contribution in [0.1, 0.15) is 24.5 Å². The van der Waals surface area contributed by atoms with E-state index < -0.39 is 0 Å². The minimum atomic E-state index is -0.186. The van der Waals surface area contributed by atoms with Gasteiger partial charge < -0.3 is 15.1 Å². The van der Waals surface area contributed by atoms with E-state index in [-0.39, 0.29) is 18.6 Å². The molecule has 94 valence electrons. The van der Waals surface area contributed by atoms with Gasteiger partial charge in [0.1, 0.15) is 0 Å². The Balaban J connectivity index is 2.22. The molecule has 3 nitrogen and oxygen atoms in total. The Morgan fingerprint density at radius 3 is 2.82 bits per heavy atom. The number of anilines is 1.